The van der Waals surface area contributed by atoms with Crippen LogP contribution in [0.3, 0.4) is 0 Å². The van der Waals surface area contributed by atoms with Crippen molar-refractivity contribution in [1.29, 1.82) is 0 Å². The second kappa shape index (κ2) is 3.96. The Hall–Kier alpha value is -0.850. The van der Waals surface area contributed by atoms with Gasteiger partial charge in [0.15, 0.2) is 0 Å². The Morgan fingerprint density at radius 3 is 2.13 bits per heavy atom. The summed E-state index contributed by atoms with van der Waals surface area (Å²) in [5.74, 6) is 0. The lowest BCUT2D eigenvalue weighted by atomic mass is 9.85. The number of rotatable bonds is 1. The Kier molecular flexibility index (Phi) is 3.22. The van der Waals surface area contributed by atoms with E-state index in [2.05, 4.69) is 58.7 Å². The van der Waals surface area contributed by atoms with E-state index in [0.717, 1.165) is 6.42 Å². The van der Waals surface area contributed by atoms with E-state index in [1.54, 1.807) is 0 Å². The van der Waals surface area contributed by atoms with Gasteiger partial charge in [-0.2, -0.15) is 0 Å². The number of nitrogens with zero attached hydrogens (tertiary/aromatic N) is 1. The van der Waals surface area contributed by atoms with E-state index in [1.165, 1.54) is 11.3 Å². The third kappa shape index (κ3) is 4.03. The first-order chi connectivity index (χ1) is 6.68. The van der Waals surface area contributed by atoms with Gasteiger partial charge < -0.3 is 0 Å². The van der Waals surface area contributed by atoms with Crippen LogP contribution in [-0.2, 0) is 11.8 Å². The minimum Gasteiger partial charge on any atom is -0.261 e. The first kappa shape index (κ1) is 12.2. The van der Waals surface area contributed by atoms with Crippen LogP contribution in [0.2, 0.25) is 0 Å². The molecule has 1 heterocycles. The molecule has 0 saturated carbocycles. The van der Waals surface area contributed by atoms with Crippen LogP contribution >= 0.6 is 0 Å². The SMILES string of the molecule is CC(C)(C)Cc1ccnc(C(C)(C)C)c1. The number of aromatic nitrogens is 1. The highest BCUT2D eigenvalue weighted by Crippen LogP contribution is 2.24. The van der Waals surface area contributed by atoms with Crippen LogP contribution in [-0.4, -0.2) is 4.98 Å². The van der Waals surface area contributed by atoms with Gasteiger partial charge in [0.25, 0.3) is 0 Å². The van der Waals surface area contributed by atoms with E-state index in [4.69, 9.17) is 0 Å². The van der Waals surface area contributed by atoms with Crippen LogP contribution in [0.5, 0.6) is 0 Å². The van der Waals surface area contributed by atoms with E-state index in [-0.39, 0.29) is 5.41 Å². The maximum atomic E-state index is 4.44. The zero-order valence-corrected chi connectivity index (χ0v) is 10.9. The predicted octanol–water partition coefficient (Wildman–Crippen LogP) is 3.97. The van der Waals surface area contributed by atoms with Gasteiger partial charge in [-0.15, -0.1) is 0 Å². The van der Waals surface area contributed by atoms with Crippen LogP contribution in [0.25, 0.3) is 0 Å². The molecule has 0 aliphatic carbocycles. The van der Waals surface area contributed by atoms with Crippen LogP contribution in [0, 0.1) is 5.41 Å². The van der Waals surface area contributed by atoms with Crippen LogP contribution < -0.4 is 0 Å². The molecule has 0 radical (unpaired) electrons. The fourth-order valence-electron chi connectivity index (χ4n) is 1.61. The van der Waals surface area contributed by atoms with Crippen molar-refractivity contribution in [1.82, 2.24) is 4.98 Å². The third-order valence-electron chi connectivity index (χ3n) is 2.33. The lowest BCUT2D eigenvalue weighted by molar-refractivity contribution is 0.410. The molecule has 84 valence electrons. The zero-order chi connectivity index (χ0) is 11.7. The average Bonchev–Trinajstić information content (AvgIpc) is 1.99. The molecule has 0 unspecified atom stereocenters. The Labute approximate surface area is 93.9 Å². The molecule has 1 aromatic rings. The summed E-state index contributed by atoms with van der Waals surface area (Å²) in [6.07, 6.45) is 3.04. The molecule has 0 aromatic carbocycles. The maximum Gasteiger partial charge on any atom is 0.0459 e. The maximum absolute atomic E-state index is 4.44. The van der Waals surface area contributed by atoms with Gasteiger partial charge in [0.1, 0.15) is 0 Å². The summed E-state index contributed by atoms with van der Waals surface area (Å²) in [5.41, 5.74) is 3.07. The quantitative estimate of drug-likeness (QED) is 0.676. The minimum atomic E-state index is 0.147. The summed E-state index contributed by atoms with van der Waals surface area (Å²) >= 11 is 0. The summed E-state index contributed by atoms with van der Waals surface area (Å²) in [5, 5.41) is 0. The van der Waals surface area contributed by atoms with Gasteiger partial charge in [0.05, 0.1) is 0 Å². The number of pyridine rings is 1. The number of hydrogen-bond acceptors (Lipinski definition) is 1. The lowest BCUT2D eigenvalue weighted by Gasteiger charge is -2.21. The molecule has 1 heteroatoms. The molecule has 1 aromatic heterocycles. The number of hydrogen-bond donors (Lipinski definition) is 0. The molecule has 0 aliphatic rings. The molecule has 15 heavy (non-hydrogen) atoms. The highest BCUT2D eigenvalue weighted by atomic mass is 14.7. The summed E-state index contributed by atoms with van der Waals surface area (Å²) in [4.78, 5) is 4.44. The average molecular weight is 205 g/mol. The molecule has 0 spiro atoms. The van der Waals surface area contributed by atoms with Gasteiger partial charge in [0.2, 0.25) is 0 Å². The van der Waals surface area contributed by atoms with Crippen molar-refractivity contribution in [3.63, 3.8) is 0 Å². The minimum absolute atomic E-state index is 0.147. The Bertz CT molecular complexity index is 326. The van der Waals surface area contributed by atoms with Crippen molar-refractivity contribution >= 4 is 0 Å². The first-order valence-corrected chi connectivity index (χ1v) is 5.64. The Morgan fingerprint density at radius 2 is 1.67 bits per heavy atom. The molecule has 0 atom stereocenters. The molecule has 1 nitrogen and oxygen atoms in total. The largest absolute Gasteiger partial charge is 0.261 e. The topological polar surface area (TPSA) is 12.9 Å². The molecular weight excluding hydrogens is 182 g/mol. The summed E-state index contributed by atoms with van der Waals surface area (Å²) < 4.78 is 0. The van der Waals surface area contributed by atoms with Crippen LogP contribution in [0.15, 0.2) is 18.3 Å². The van der Waals surface area contributed by atoms with Crippen molar-refractivity contribution in [2.75, 3.05) is 0 Å². The predicted molar refractivity (Wildman–Crippen MR) is 66.1 cm³/mol. The van der Waals surface area contributed by atoms with Crippen molar-refractivity contribution in [3.8, 4) is 0 Å². The van der Waals surface area contributed by atoms with Gasteiger partial charge in [-0.3, -0.25) is 4.98 Å². The van der Waals surface area contributed by atoms with E-state index in [1.807, 2.05) is 6.20 Å². The van der Waals surface area contributed by atoms with Crippen molar-refractivity contribution < 1.29 is 0 Å². The van der Waals surface area contributed by atoms with Gasteiger partial charge in [0, 0.05) is 17.3 Å². The molecule has 1 rings (SSSR count). The Morgan fingerprint density at radius 1 is 1.07 bits per heavy atom. The highest BCUT2D eigenvalue weighted by molar-refractivity contribution is 5.22. The molecular formula is C14H23N. The summed E-state index contributed by atoms with van der Waals surface area (Å²) in [6, 6.07) is 4.37. The van der Waals surface area contributed by atoms with E-state index in [9.17, 15) is 0 Å². The standard InChI is InChI=1S/C14H23N/c1-13(2,3)10-11-7-8-15-12(9-11)14(4,5)6/h7-9H,10H2,1-6H3. The van der Waals surface area contributed by atoms with E-state index < -0.39 is 0 Å². The zero-order valence-electron chi connectivity index (χ0n) is 10.9. The fourth-order valence-corrected chi connectivity index (χ4v) is 1.61. The van der Waals surface area contributed by atoms with Gasteiger partial charge in [-0.05, 0) is 29.5 Å². The van der Waals surface area contributed by atoms with Crippen LogP contribution in [0.1, 0.15) is 52.8 Å². The summed E-state index contributed by atoms with van der Waals surface area (Å²) in [6.45, 7) is 13.4. The third-order valence-corrected chi connectivity index (χ3v) is 2.33. The van der Waals surface area contributed by atoms with E-state index >= 15 is 0 Å². The van der Waals surface area contributed by atoms with Crippen LogP contribution in [0.4, 0.5) is 0 Å². The van der Waals surface area contributed by atoms with Crippen molar-refractivity contribution in [2.24, 2.45) is 5.41 Å². The normalized spacial score (nSPS) is 12.9. The smallest absolute Gasteiger partial charge is 0.0459 e. The lowest BCUT2D eigenvalue weighted by Crippen LogP contribution is -2.15. The highest BCUT2D eigenvalue weighted by Gasteiger charge is 2.17. The Balaban J connectivity index is 2.94. The molecule has 0 amide bonds. The molecule has 0 bridgehead atoms. The van der Waals surface area contributed by atoms with Gasteiger partial charge in [-0.1, -0.05) is 41.5 Å². The summed E-state index contributed by atoms with van der Waals surface area (Å²) in [7, 11) is 0. The first-order valence-electron chi connectivity index (χ1n) is 5.64. The van der Waals surface area contributed by atoms with E-state index in [0.29, 0.717) is 5.41 Å². The molecule has 0 fully saturated rings. The van der Waals surface area contributed by atoms with Crippen molar-refractivity contribution in [3.05, 3.63) is 29.6 Å². The fraction of sp³-hybridized carbons (Fsp3) is 0.643. The second-order valence-electron chi connectivity index (χ2n) is 6.54. The molecule has 0 aliphatic heterocycles. The molecule has 0 N–H and O–H groups in total. The van der Waals surface area contributed by atoms with Gasteiger partial charge >= 0.3 is 0 Å². The van der Waals surface area contributed by atoms with Crippen molar-refractivity contribution in [2.45, 2.75) is 53.4 Å². The monoisotopic (exact) mass is 205 g/mol. The molecule has 0 saturated heterocycles. The van der Waals surface area contributed by atoms with Gasteiger partial charge in [-0.25, -0.2) is 0 Å². The second-order valence-corrected chi connectivity index (χ2v) is 6.54.